The molecule has 0 aliphatic rings. The number of hydrogen-bond acceptors (Lipinski definition) is 5. The van der Waals surface area contributed by atoms with Gasteiger partial charge in [-0.25, -0.2) is 0 Å². The Kier molecular flexibility index (Phi) is 46.6. The van der Waals surface area contributed by atoms with Crippen LogP contribution in [0.1, 0.15) is 6.92 Å². The topological polar surface area (TPSA) is 95.5 Å². The van der Waals surface area contributed by atoms with Gasteiger partial charge in [0.1, 0.15) is 0 Å². The second-order valence-electron chi connectivity index (χ2n) is 1.33. The molecule has 0 amide bonds. The van der Waals surface area contributed by atoms with Crippen LogP contribution in [0.25, 0.3) is 0 Å². The fourth-order valence-electron chi connectivity index (χ4n) is 0.256. The van der Waals surface area contributed by atoms with Crippen LogP contribution in [0.3, 0.4) is 0 Å². The minimum Gasteiger partial charge on any atom is -0.652 e. The molecule has 0 heterocycles. The zero-order valence-electron chi connectivity index (χ0n) is 7.79. The third-order valence-electron chi connectivity index (χ3n) is 0.539. The molecule has 0 radical (unpaired) electrons. The van der Waals surface area contributed by atoms with Crippen molar-refractivity contribution in [2.45, 2.75) is 6.92 Å². The number of hydrogen-bond donors (Lipinski definition) is 2. The molecule has 0 saturated carbocycles. The molecular formula is C5H11K2NO4. The van der Waals surface area contributed by atoms with Gasteiger partial charge in [0.15, 0.2) is 0 Å². The van der Waals surface area contributed by atoms with Crippen LogP contribution in [0.4, 0.5) is 4.79 Å². The molecule has 7 heteroatoms. The van der Waals surface area contributed by atoms with Crippen molar-refractivity contribution in [3.8, 4) is 0 Å². The summed E-state index contributed by atoms with van der Waals surface area (Å²) in [5.74, 6) is 0. The molecule has 0 bridgehead atoms. The second-order valence-corrected chi connectivity index (χ2v) is 1.33. The van der Waals surface area contributed by atoms with Crippen molar-refractivity contribution in [1.29, 1.82) is 0 Å². The maximum Gasteiger partial charge on any atom is 1.00 e. The molecule has 0 aromatic heterocycles. The Morgan fingerprint density at radius 2 is 1.75 bits per heavy atom. The summed E-state index contributed by atoms with van der Waals surface area (Å²) in [5.41, 5.74) is 0. The maximum atomic E-state index is 8.33. The summed E-state index contributed by atoms with van der Waals surface area (Å²) >= 11 is 0. The van der Waals surface area contributed by atoms with Crippen molar-refractivity contribution in [2.75, 3.05) is 19.7 Å². The van der Waals surface area contributed by atoms with Crippen LogP contribution in [0.15, 0.2) is 0 Å². The van der Waals surface area contributed by atoms with Gasteiger partial charge < -0.3 is 25.4 Å². The summed E-state index contributed by atoms with van der Waals surface area (Å²) in [6.45, 7) is 3.92. The van der Waals surface area contributed by atoms with Crippen LogP contribution in [0.5, 0.6) is 0 Å². The maximum absolute atomic E-state index is 8.33. The summed E-state index contributed by atoms with van der Waals surface area (Å²) in [7, 11) is 0. The first-order valence-corrected chi connectivity index (χ1v) is 2.84. The number of likely N-dealkylation sites (N-methyl/N-ethyl adjacent to an activating group) is 1. The van der Waals surface area contributed by atoms with Crippen molar-refractivity contribution in [3.63, 3.8) is 0 Å². The fourth-order valence-corrected chi connectivity index (χ4v) is 0.256. The Morgan fingerprint density at radius 3 is 1.83 bits per heavy atom. The van der Waals surface area contributed by atoms with E-state index in [-0.39, 0.29) is 109 Å². The third-order valence-corrected chi connectivity index (χ3v) is 0.539. The minimum absolute atomic E-state index is 0. The van der Waals surface area contributed by atoms with Gasteiger partial charge in [0.05, 0.1) is 6.61 Å². The number of carboxylic acid groups (broad SMARTS) is 2. The third kappa shape index (κ3) is 54.9. The molecule has 0 unspecified atom stereocenters. The predicted molar refractivity (Wildman–Crippen MR) is 31.0 cm³/mol. The van der Waals surface area contributed by atoms with E-state index in [4.69, 9.17) is 20.1 Å². The van der Waals surface area contributed by atoms with Crippen LogP contribution < -0.4 is 118 Å². The van der Waals surface area contributed by atoms with E-state index in [0.29, 0.717) is 0 Å². The van der Waals surface area contributed by atoms with E-state index in [9.17, 15) is 0 Å². The molecule has 0 aromatic rings. The van der Waals surface area contributed by atoms with E-state index in [1.165, 1.54) is 0 Å². The zero-order valence-corrected chi connectivity index (χ0v) is 14.0. The Morgan fingerprint density at radius 1 is 1.42 bits per heavy atom. The molecule has 0 saturated heterocycles. The number of carbonyl (C=O) groups excluding carboxylic acids is 1. The first kappa shape index (κ1) is 23.9. The molecule has 0 atom stereocenters. The smallest absolute Gasteiger partial charge is 0.652 e. The van der Waals surface area contributed by atoms with Crippen molar-refractivity contribution < 1.29 is 123 Å². The Balaban J connectivity index is -0.0000000483. The molecule has 0 aliphatic heterocycles. The summed E-state index contributed by atoms with van der Waals surface area (Å²) in [6, 6.07) is 0. The van der Waals surface area contributed by atoms with Crippen LogP contribution in [0.2, 0.25) is 0 Å². The van der Waals surface area contributed by atoms with Gasteiger partial charge in [0.25, 0.3) is 0 Å². The molecule has 0 fully saturated rings. The Hall–Kier alpha value is 2.46. The second kappa shape index (κ2) is 23.4. The zero-order chi connectivity index (χ0) is 8.41. The summed E-state index contributed by atoms with van der Waals surface area (Å²) in [6.07, 6.45) is -2.33. The van der Waals surface area contributed by atoms with Crippen LogP contribution >= 0.6 is 0 Å². The number of carbonyl (C=O) groups is 1. The fraction of sp³-hybridized carbons (Fsp3) is 0.800. The number of aliphatic hydroxyl groups is 1. The predicted octanol–water partition coefficient (Wildman–Crippen LogP) is -8.85. The van der Waals surface area contributed by atoms with Gasteiger partial charge in [0.2, 0.25) is 0 Å². The minimum atomic E-state index is -2.33. The molecule has 5 nitrogen and oxygen atoms in total. The van der Waals surface area contributed by atoms with Crippen LogP contribution in [0, 0.1) is 0 Å². The standard InChI is InChI=1S/C4H11NO.CH2O3.2K/c1-2-5-3-4-6;2-1(3)4;;/h5-6H,2-4H2,1H3;(H2,2,3,4);;/q;;2*+1/p-2. The average Bonchev–Trinajstić information content (AvgIpc) is 1.82. The van der Waals surface area contributed by atoms with Crippen molar-refractivity contribution in [2.24, 2.45) is 0 Å². The molecule has 0 rings (SSSR count). The molecule has 12 heavy (non-hydrogen) atoms. The van der Waals surface area contributed by atoms with Crippen molar-refractivity contribution in [1.82, 2.24) is 5.32 Å². The van der Waals surface area contributed by atoms with E-state index in [2.05, 4.69) is 5.32 Å². The molecule has 0 aliphatic carbocycles. The van der Waals surface area contributed by atoms with E-state index in [0.717, 1.165) is 13.1 Å². The van der Waals surface area contributed by atoms with Gasteiger partial charge in [-0.2, -0.15) is 0 Å². The van der Waals surface area contributed by atoms with Gasteiger partial charge in [-0.05, 0) is 12.7 Å². The van der Waals surface area contributed by atoms with E-state index < -0.39 is 6.16 Å². The van der Waals surface area contributed by atoms with Crippen molar-refractivity contribution in [3.05, 3.63) is 0 Å². The summed E-state index contributed by atoms with van der Waals surface area (Å²) in [4.78, 5) is 8.33. The van der Waals surface area contributed by atoms with Gasteiger partial charge >= 0.3 is 103 Å². The van der Waals surface area contributed by atoms with Gasteiger partial charge in [-0.3, -0.25) is 0 Å². The molecule has 0 aromatic carbocycles. The molecule has 0 spiro atoms. The normalized spacial score (nSPS) is 6.50. The number of nitrogens with one attached hydrogen (secondary N) is 1. The molecule has 62 valence electrons. The van der Waals surface area contributed by atoms with Crippen molar-refractivity contribution >= 4 is 6.16 Å². The van der Waals surface area contributed by atoms with Crippen LogP contribution in [-0.2, 0) is 0 Å². The largest absolute Gasteiger partial charge is 1.00 e. The quantitative estimate of drug-likeness (QED) is 0.369. The monoisotopic (exact) mass is 227 g/mol. The first-order chi connectivity index (χ1) is 4.65. The Labute approximate surface area is 157 Å². The first-order valence-electron chi connectivity index (χ1n) is 2.84. The van der Waals surface area contributed by atoms with E-state index in [1.54, 1.807) is 0 Å². The van der Waals surface area contributed by atoms with E-state index >= 15 is 0 Å². The summed E-state index contributed by atoms with van der Waals surface area (Å²) < 4.78 is 0. The van der Waals surface area contributed by atoms with Gasteiger partial charge in [-0.1, -0.05) is 6.92 Å². The van der Waals surface area contributed by atoms with E-state index in [1.807, 2.05) is 6.92 Å². The SMILES string of the molecule is CCNCCO.O=C([O-])[O-].[K+].[K+]. The molecule has 2 N–H and O–H groups in total. The van der Waals surface area contributed by atoms with Gasteiger partial charge in [0, 0.05) is 6.54 Å². The van der Waals surface area contributed by atoms with Crippen LogP contribution in [-0.4, -0.2) is 31.0 Å². The number of aliphatic hydroxyl groups excluding tert-OH is 1. The Bertz CT molecular complexity index is 75.8. The number of rotatable bonds is 3. The molecular weight excluding hydrogens is 216 g/mol. The van der Waals surface area contributed by atoms with Gasteiger partial charge in [-0.15, -0.1) is 0 Å². The average molecular weight is 227 g/mol. The summed E-state index contributed by atoms with van der Waals surface area (Å²) in [5, 5.41) is 27.7.